The van der Waals surface area contributed by atoms with E-state index >= 15 is 0 Å². The zero-order valence-electron chi connectivity index (χ0n) is 7.77. The van der Waals surface area contributed by atoms with E-state index in [1.165, 1.54) is 12.4 Å². The lowest BCUT2D eigenvalue weighted by Gasteiger charge is -2.03. The predicted molar refractivity (Wildman–Crippen MR) is 52.3 cm³/mol. The Hall–Kier alpha value is -1.91. The Morgan fingerprint density at radius 2 is 2.29 bits per heavy atom. The highest BCUT2D eigenvalue weighted by Gasteiger charge is 2.10. The highest BCUT2D eigenvalue weighted by Crippen LogP contribution is 2.06. The molecule has 1 aromatic rings. The van der Waals surface area contributed by atoms with E-state index in [9.17, 15) is 4.79 Å². The highest BCUT2D eigenvalue weighted by atomic mass is 16.4. The summed E-state index contributed by atoms with van der Waals surface area (Å²) in [6.07, 6.45) is 6.53. The molecule has 1 rings (SSSR count). The Labute approximate surface area is 81.5 Å². The second-order valence-electron chi connectivity index (χ2n) is 2.51. The maximum atomic E-state index is 10.7. The Bertz CT molecular complexity index is 350. The molecular weight excluding hydrogens is 182 g/mol. The van der Waals surface area contributed by atoms with Crippen LogP contribution in [0.4, 0.5) is 5.82 Å². The van der Waals surface area contributed by atoms with Crippen molar-refractivity contribution in [3.05, 3.63) is 30.2 Å². The number of hydrogen-bond donors (Lipinski definition) is 2. The number of allylic oxidation sites excluding steroid dienone is 1. The number of aromatic nitrogens is 2. The first-order chi connectivity index (χ1) is 6.75. The fourth-order valence-corrected chi connectivity index (χ4v) is 0.897. The number of carboxylic acids is 1. The van der Waals surface area contributed by atoms with Crippen molar-refractivity contribution in [1.29, 1.82) is 0 Å². The lowest BCUT2D eigenvalue weighted by Crippen LogP contribution is -2.09. The molecule has 0 amide bonds. The summed E-state index contributed by atoms with van der Waals surface area (Å²) in [7, 11) is 0. The van der Waals surface area contributed by atoms with Crippen LogP contribution in [0.2, 0.25) is 0 Å². The van der Waals surface area contributed by atoms with Gasteiger partial charge in [0.2, 0.25) is 0 Å². The van der Waals surface area contributed by atoms with Crippen molar-refractivity contribution in [1.82, 2.24) is 9.97 Å². The Morgan fingerprint density at radius 3 is 2.93 bits per heavy atom. The molecule has 0 aromatic carbocycles. The van der Waals surface area contributed by atoms with Gasteiger partial charge in [0.05, 0.1) is 0 Å². The van der Waals surface area contributed by atoms with Crippen LogP contribution in [-0.4, -0.2) is 27.6 Å². The minimum absolute atomic E-state index is 0.0583. The van der Waals surface area contributed by atoms with Gasteiger partial charge in [-0.25, -0.2) is 14.8 Å². The molecule has 5 heteroatoms. The Morgan fingerprint density at radius 1 is 1.57 bits per heavy atom. The van der Waals surface area contributed by atoms with Crippen molar-refractivity contribution < 1.29 is 9.90 Å². The van der Waals surface area contributed by atoms with Gasteiger partial charge in [-0.2, -0.15) is 0 Å². The van der Waals surface area contributed by atoms with Crippen LogP contribution in [-0.2, 0) is 0 Å². The maximum Gasteiger partial charge on any atom is 0.358 e. The molecule has 0 radical (unpaired) electrons. The van der Waals surface area contributed by atoms with Crippen LogP contribution in [0, 0.1) is 0 Å². The van der Waals surface area contributed by atoms with Crippen LogP contribution >= 0.6 is 0 Å². The van der Waals surface area contributed by atoms with Crippen LogP contribution in [0.15, 0.2) is 24.5 Å². The SMILES string of the molecule is C/C=C/CNc1nccnc1C(=O)O. The second-order valence-corrected chi connectivity index (χ2v) is 2.51. The van der Waals surface area contributed by atoms with E-state index in [2.05, 4.69) is 15.3 Å². The average Bonchev–Trinajstić information content (AvgIpc) is 2.19. The molecule has 0 aliphatic rings. The molecule has 0 saturated carbocycles. The molecule has 1 heterocycles. The lowest BCUT2D eigenvalue weighted by molar-refractivity contribution is 0.0691. The van der Waals surface area contributed by atoms with Crippen LogP contribution in [0.25, 0.3) is 0 Å². The Kier molecular flexibility index (Phi) is 3.60. The van der Waals surface area contributed by atoms with Crippen molar-refractivity contribution in [2.45, 2.75) is 6.92 Å². The standard InChI is InChI=1S/C9H11N3O2/c1-2-3-4-11-8-7(9(13)14)10-5-6-12-8/h2-3,5-6H,4H2,1H3,(H,11,12)(H,13,14)/b3-2+. The van der Waals surface area contributed by atoms with Gasteiger partial charge in [0.1, 0.15) is 0 Å². The molecule has 0 aliphatic heterocycles. The second kappa shape index (κ2) is 4.96. The summed E-state index contributed by atoms with van der Waals surface area (Å²) in [5, 5.41) is 11.6. The van der Waals surface area contributed by atoms with E-state index in [0.29, 0.717) is 6.54 Å². The van der Waals surface area contributed by atoms with Crippen LogP contribution in [0.1, 0.15) is 17.4 Å². The van der Waals surface area contributed by atoms with E-state index in [1.807, 2.05) is 19.1 Å². The predicted octanol–water partition coefficient (Wildman–Crippen LogP) is 1.16. The molecule has 5 nitrogen and oxygen atoms in total. The van der Waals surface area contributed by atoms with Crippen molar-refractivity contribution in [3.8, 4) is 0 Å². The maximum absolute atomic E-state index is 10.7. The van der Waals surface area contributed by atoms with Crippen molar-refractivity contribution in [2.24, 2.45) is 0 Å². The topological polar surface area (TPSA) is 75.1 Å². The summed E-state index contributed by atoms with van der Waals surface area (Å²) in [6, 6.07) is 0. The number of anilines is 1. The fraction of sp³-hybridized carbons (Fsp3) is 0.222. The number of carbonyl (C=O) groups is 1. The van der Waals surface area contributed by atoms with Crippen LogP contribution in [0.3, 0.4) is 0 Å². The normalized spacial score (nSPS) is 10.4. The molecule has 0 spiro atoms. The van der Waals surface area contributed by atoms with Crippen molar-refractivity contribution in [2.75, 3.05) is 11.9 Å². The Balaban J connectivity index is 2.79. The lowest BCUT2D eigenvalue weighted by atomic mass is 10.4. The molecule has 0 unspecified atom stereocenters. The number of nitrogens with one attached hydrogen (secondary N) is 1. The smallest absolute Gasteiger partial charge is 0.358 e. The molecule has 0 saturated heterocycles. The van der Waals surface area contributed by atoms with Crippen molar-refractivity contribution in [3.63, 3.8) is 0 Å². The van der Waals surface area contributed by atoms with E-state index in [4.69, 9.17) is 5.11 Å². The van der Waals surface area contributed by atoms with E-state index in [0.717, 1.165) is 0 Å². The molecule has 0 bridgehead atoms. The molecule has 1 aromatic heterocycles. The van der Waals surface area contributed by atoms with Gasteiger partial charge in [-0.1, -0.05) is 12.2 Å². The van der Waals surface area contributed by atoms with Gasteiger partial charge in [-0.05, 0) is 6.92 Å². The van der Waals surface area contributed by atoms with Crippen LogP contribution < -0.4 is 5.32 Å². The molecular formula is C9H11N3O2. The van der Waals surface area contributed by atoms with Gasteiger partial charge in [0.15, 0.2) is 11.5 Å². The summed E-state index contributed by atoms with van der Waals surface area (Å²) in [4.78, 5) is 18.3. The molecule has 74 valence electrons. The monoisotopic (exact) mass is 193 g/mol. The minimum Gasteiger partial charge on any atom is -0.476 e. The number of nitrogens with zero attached hydrogens (tertiary/aromatic N) is 2. The quantitative estimate of drug-likeness (QED) is 0.702. The van der Waals surface area contributed by atoms with Gasteiger partial charge in [-0.3, -0.25) is 0 Å². The molecule has 14 heavy (non-hydrogen) atoms. The number of carboxylic acid groups (broad SMARTS) is 1. The molecule has 0 atom stereocenters. The van der Waals surface area contributed by atoms with Gasteiger partial charge in [0, 0.05) is 18.9 Å². The summed E-state index contributed by atoms with van der Waals surface area (Å²) in [5.41, 5.74) is -0.0583. The van der Waals surface area contributed by atoms with E-state index in [1.54, 1.807) is 0 Å². The molecule has 2 N–H and O–H groups in total. The number of aromatic carboxylic acids is 1. The average molecular weight is 193 g/mol. The fourth-order valence-electron chi connectivity index (χ4n) is 0.897. The van der Waals surface area contributed by atoms with Gasteiger partial charge >= 0.3 is 5.97 Å². The molecule has 0 aliphatic carbocycles. The summed E-state index contributed by atoms with van der Waals surface area (Å²) < 4.78 is 0. The zero-order chi connectivity index (χ0) is 10.4. The zero-order valence-corrected chi connectivity index (χ0v) is 7.77. The van der Waals surface area contributed by atoms with Gasteiger partial charge in [0.25, 0.3) is 0 Å². The summed E-state index contributed by atoms with van der Waals surface area (Å²) >= 11 is 0. The first-order valence-corrected chi connectivity index (χ1v) is 4.15. The van der Waals surface area contributed by atoms with Crippen molar-refractivity contribution >= 4 is 11.8 Å². The van der Waals surface area contributed by atoms with Crippen LogP contribution in [0.5, 0.6) is 0 Å². The summed E-state index contributed by atoms with van der Waals surface area (Å²) in [6.45, 7) is 2.42. The van der Waals surface area contributed by atoms with E-state index < -0.39 is 5.97 Å². The van der Waals surface area contributed by atoms with E-state index in [-0.39, 0.29) is 11.5 Å². The minimum atomic E-state index is -1.08. The first kappa shape index (κ1) is 10.2. The third-order valence-electron chi connectivity index (χ3n) is 1.52. The first-order valence-electron chi connectivity index (χ1n) is 4.15. The van der Waals surface area contributed by atoms with Gasteiger partial charge < -0.3 is 10.4 Å². The van der Waals surface area contributed by atoms with Gasteiger partial charge in [-0.15, -0.1) is 0 Å². The number of rotatable bonds is 4. The summed E-state index contributed by atoms with van der Waals surface area (Å²) in [5.74, 6) is -0.792. The highest BCUT2D eigenvalue weighted by molar-refractivity contribution is 5.90. The third kappa shape index (κ3) is 2.55. The third-order valence-corrected chi connectivity index (χ3v) is 1.52. The molecule has 0 fully saturated rings. The largest absolute Gasteiger partial charge is 0.476 e. The number of hydrogen-bond acceptors (Lipinski definition) is 4.